The smallest absolute Gasteiger partial charge is 0.254 e. The quantitative estimate of drug-likeness (QED) is 0.796. The molecule has 0 fully saturated rings. The Bertz CT molecular complexity index is 358. The van der Waals surface area contributed by atoms with E-state index in [-0.39, 0.29) is 5.91 Å². The molecule has 90 valence electrons. The fraction of sp³-hybridized carbons (Fsp3) is 0.583. The van der Waals surface area contributed by atoms with Gasteiger partial charge in [-0.05, 0) is 39.4 Å². The van der Waals surface area contributed by atoms with Crippen LogP contribution in [0.3, 0.4) is 0 Å². The van der Waals surface area contributed by atoms with Gasteiger partial charge < -0.3 is 15.1 Å². The van der Waals surface area contributed by atoms with E-state index in [1.54, 1.807) is 13.0 Å². The highest BCUT2D eigenvalue weighted by Crippen LogP contribution is 2.13. The molecule has 0 saturated heterocycles. The molecule has 0 aromatic carbocycles. The molecular formula is C12H20N2O2. The maximum atomic E-state index is 11.8. The van der Waals surface area contributed by atoms with Crippen LogP contribution in [0.25, 0.3) is 0 Å². The Kier molecular flexibility index (Phi) is 4.55. The third-order valence-corrected chi connectivity index (χ3v) is 2.45. The third kappa shape index (κ3) is 3.38. The van der Waals surface area contributed by atoms with Gasteiger partial charge in [0.05, 0.1) is 5.56 Å². The van der Waals surface area contributed by atoms with E-state index < -0.39 is 0 Å². The molecule has 0 radical (unpaired) electrons. The van der Waals surface area contributed by atoms with Gasteiger partial charge in [0, 0.05) is 6.54 Å². The first-order chi connectivity index (χ1) is 7.54. The van der Waals surface area contributed by atoms with Crippen molar-refractivity contribution in [1.82, 2.24) is 10.6 Å². The molecule has 1 aromatic rings. The lowest BCUT2D eigenvalue weighted by Crippen LogP contribution is -2.32. The predicted octanol–water partition coefficient (Wildman–Crippen LogP) is 1.48. The first-order valence-corrected chi connectivity index (χ1v) is 5.54. The Morgan fingerprint density at radius 1 is 1.44 bits per heavy atom. The van der Waals surface area contributed by atoms with Crippen LogP contribution < -0.4 is 10.6 Å². The molecule has 4 heteroatoms. The maximum Gasteiger partial charge on any atom is 0.254 e. The van der Waals surface area contributed by atoms with Gasteiger partial charge >= 0.3 is 0 Å². The van der Waals surface area contributed by atoms with Gasteiger partial charge in [-0.3, -0.25) is 4.79 Å². The molecule has 0 aliphatic heterocycles. The van der Waals surface area contributed by atoms with Gasteiger partial charge in [0.15, 0.2) is 0 Å². The molecule has 0 saturated carbocycles. The van der Waals surface area contributed by atoms with Crippen LogP contribution in [-0.4, -0.2) is 26.0 Å². The summed E-state index contributed by atoms with van der Waals surface area (Å²) < 4.78 is 5.32. The summed E-state index contributed by atoms with van der Waals surface area (Å²) in [5.74, 6) is 1.81. The Morgan fingerprint density at radius 3 is 2.62 bits per heavy atom. The van der Waals surface area contributed by atoms with E-state index in [2.05, 4.69) is 17.6 Å². The van der Waals surface area contributed by atoms with Crippen LogP contribution in [-0.2, 0) is 0 Å². The molecular weight excluding hydrogens is 204 g/mol. The van der Waals surface area contributed by atoms with Gasteiger partial charge in [-0.1, -0.05) is 6.92 Å². The number of nitrogens with one attached hydrogen (secondary N) is 2. The van der Waals surface area contributed by atoms with Crippen molar-refractivity contribution >= 4 is 5.91 Å². The summed E-state index contributed by atoms with van der Waals surface area (Å²) >= 11 is 0. The molecule has 0 aliphatic carbocycles. The monoisotopic (exact) mass is 224 g/mol. The van der Waals surface area contributed by atoms with Crippen LogP contribution in [0.15, 0.2) is 10.5 Å². The number of hydrogen-bond acceptors (Lipinski definition) is 3. The lowest BCUT2D eigenvalue weighted by molar-refractivity contribution is 0.0946. The van der Waals surface area contributed by atoms with Crippen LogP contribution in [0.1, 0.15) is 28.8 Å². The molecule has 1 aromatic heterocycles. The molecule has 0 bridgehead atoms. The Morgan fingerprint density at radius 2 is 2.12 bits per heavy atom. The van der Waals surface area contributed by atoms with E-state index in [9.17, 15) is 4.79 Å². The average Bonchev–Trinajstić information content (AvgIpc) is 2.55. The summed E-state index contributed by atoms with van der Waals surface area (Å²) in [6.07, 6.45) is 0. The van der Waals surface area contributed by atoms with Crippen molar-refractivity contribution < 1.29 is 9.21 Å². The number of amides is 1. The number of carbonyl (C=O) groups excluding carboxylic acids is 1. The van der Waals surface area contributed by atoms with E-state index in [1.165, 1.54) is 0 Å². The molecule has 1 rings (SSSR count). The Hall–Kier alpha value is -1.29. The van der Waals surface area contributed by atoms with E-state index in [0.717, 1.165) is 12.3 Å². The van der Waals surface area contributed by atoms with Crippen molar-refractivity contribution in [2.45, 2.75) is 20.8 Å². The standard InChI is InChI=1S/C12H20N2O2/c1-8(6-13-4)7-14-12(15)11-5-9(2)16-10(11)3/h5,8,13H,6-7H2,1-4H3,(H,14,15). The van der Waals surface area contributed by atoms with Crippen molar-refractivity contribution in [2.75, 3.05) is 20.1 Å². The Balaban J connectivity index is 2.50. The Labute approximate surface area is 96.4 Å². The second-order valence-electron chi connectivity index (χ2n) is 4.20. The summed E-state index contributed by atoms with van der Waals surface area (Å²) in [6.45, 7) is 7.30. The minimum Gasteiger partial charge on any atom is -0.466 e. The number of hydrogen-bond donors (Lipinski definition) is 2. The van der Waals surface area contributed by atoms with Crippen molar-refractivity contribution in [3.8, 4) is 0 Å². The van der Waals surface area contributed by atoms with Crippen molar-refractivity contribution in [1.29, 1.82) is 0 Å². The highest BCUT2D eigenvalue weighted by molar-refractivity contribution is 5.95. The van der Waals surface area contributed by atoms with Crippen molar-refractivity contribution in [3.63, 3.8) is 0 Å². The van der Waals surface area contributed by atoms with Crippen LogP contribution in [0.2, 0.25) is 0 Å². The molecule has 0 aliphatic rings. The highest BCUT2D eigenvalue weighted by Gasteiger charge is 2.13. The highest BCUT2D eigenvalue weighted by atomic mass is 16.3. The van der Waals surface area contributed by atoms with Gasteiger partial charge in [-0.25, -0.2) is 0 Å². The zero-order chi connectivity index (χ0) is 12.1. The van der Waals surface area contributed by atoms with Crippen molar-refractivity contribution in [2.24, 2.45) is 5.92 Å². The number of furan rings is 1. The van der Waals surface area contributed by atoms with E-state index in [0.29, 0.717) is 23.8 Å². The predicted molar refractivity (Wildman–Crippen MR) is 63.6 cm³/mol. The molecule has 4 nitrogen and oxygen atoms in total. The second-order valence-corrected chi connectivity index (χ2v) is 4.20. The number of aryl methyl sites for hydroxylation is 2. The molecule has 16 heavy (non-hydrogen) atoms. The van der Waals surface area contributed by atoms with Gasteiger partial charge in [-0.2, -0.15) is 0 Å². The van der Waals surface area contributed by atoms with Gasteiger partial charge in [0.1, 0.15) is 11.5 Å². The largest absolute Gasteiger partial charge is 0.466 e. The van der Waals surface area contributed by atoms with Crippen LogP contribution >= 0.6 is 0 Å². The summed E-state index contributed by atoms with van der Waals surface area (Å²) in [7, 11) is 1.90. The fourth-order valence-corrected chi connectivity index (χ4v) is 1.64. The fourth-order valence-electron chi connectivity index (χ4n) is 1.64. The number of carbonyl (C=O) groups is 1. The summed E-state index contributed by atoms with van der Waals surface area (Å²) in [5, 5.41) is 5.98. The zero-order valence-electron chi connectivity index (χ0n) is 10.4. The summed E-state index contributed by atoms with van der Waals surface area (Å²) in [4.78, 5) is 11.8. The minimum atomic E-state index is -0.0581. The van der Waals surface area contributed by atoms with E-state index in [1.807, 2.05) is 14.0 Å². The van der Waals surface area contributed by atoms with Crippen molar-refractivity contribution in [3.05, 3.63) is 23.2 Å². The van der Waals surface area contributed by atoms with Crippen LogP contribution in [0, 0.1) is 19.8 Å². The lowest BCUT2D eigenvalue weighted by atomic mass is 10.1. The number of rotatable bonds is 5. The van der Waals surface area contributed by atoms with Gasteiger partial charge in [0.25, 0.3) is 5.91 Å². The molecule has 1 atom stereocenters. The normalized spacial score (nSPS) is 12.5. The van der Waals surface area contributed by atoms with Gasteiger partial charge in [0.2, 0.25) is 0 Å². The lowest BCUT2D eigenvalue weighted by Gasteiger charge is -2.11. The molecule has 1 unspecified atom stereocenters. The summed E-state index contributed by atoms with van der Waals surface area (Å²) in [5.41, 5.74) is 0.633. The topological polar surface area (TPSA) is 54.3 Å². The maximum absolute atomic E-state index is 11.8. The van der Waals surface area contributed by atoms with E-state index >= 15 is 0 Å². The molecule has 1 amide bonds. The molecule has 0 spiro atoms. The minimum absolute atomic E-state index is 0.0581. The zero-order valence-corrected chi connectivity index (χ0v) is 10.4. The average molecular weight is 224 g/mol. The first kappa shape index (κ1) is 12.8. The first-order valence-electron chi connectivity index (χ1n) is 5.54. The third-order valence-electron chi connectivity index (χ3n) is 2.45. The van der Waals surface area contributed by atoms with Crippen LogP contribution in [0.5, 0.6) is 0 Å². The molecule has 2 N–H and O–H groups in total. The SMILES string of the molecule is CNCC(C)CNC(=O)c1cc(C)oc1C. The summed E-state index contributed by atoms with van der Waals surface area (Å²) in [6, 6.07) is 1.77. The van der Waals surface area contributed by atoms with E-state index in [4.69, 9.17) is 4.42 Å². The van der Waals surface area contributed by atoms with Crippen LogP contribution in [0.4, 0.5) is 0 Å². The second kappa shape index (κ2) is 5.70. The molecule has 1 heterocycles. The van der Waals surface area contributed by atoms with Gasteiger partial charge in [-0.15, -0.1) is 0 Å².